The molecule has 0 atom stereocenters. The molecule has 0 amide bonds. The number of aromatic nitrogens is 1. The number of nitrogens with one attached hydrogen (secondary N) is 2. The van der Waals surface area contributed by atoms with Crippen LogP contribution in [0.3, 0.4) is 0 Å². The van der Waals surface area contributed by atoms with Gasteiger partial charge < -0.3 is 15.7 Å². The van der Waals surface area contributed by atoms with Gasteiger partial charge in [-0.05, 0) is 31.7 Å². The number of nitrogens with zero attached hydrogens (tertiary/aromatic N) is 1. The summed E-state index contributed by atoms with van der Waals surface area (Å²) in [6, 6.07) is 2.52. The standard InChI is InChI=1S/C12H19N3O/c1-13-10-6-11(8-14-7-10)15-9-2-4-12(16)5-3-9/h6-9,12-13,15-16H,2-5H2,1H3. The lowest BCUT2D eigenvalue weighted by Gasteiger charge is -2.27. The van der Waals surface area contributed by atoms with Gasteiger partial charge in [-0.1, -0.05) is 0 Å². The lowest BCUT2D eigenvalue weighted by atomic mass is 9.93. The molecule has 0 bridgehead atoms. The molecule has 88 valence electrons. The van der Waals surface area contributed by atoms with Crippen LogP contribution in [0.2, 0.25) is 0 Å². The fourth-order valence-electron chi connectivity index (χ4n) is 2.11. The first-order valence-corrected chi connectivity index (χ1v) is 5.85. The van der Waals surface area contributed by atoms with E-state index in [9.17, 15) is 5.11 Å². The highest BCUT2D eigenvalue weighted by atomic mass is 16.3. The van der Waals surface area contributed by atoms with Gasteiger partial charge in [-0.3, -0.25) is 4.98 Å². The largest absolute Gasteiger partial charge is 0.393 e. The molecule has 1 aliphatic carbocycles. The van der Waals surface area contributed by atoms with Gasteiger partial charge in [0, 0.05) is 13.1 Å². The van der Waals surface area contributed by atoms with E-state index < -0.39 is 0 Å². The van der Waals surface area contributed by atoms with Gasteiger partial charge in [0.05, 0.1) is 29.9 Å². The first kappa shape index (κ1) is 11.2. The molecule has 2 rings (SSSR count). The van der Waals surface area contributed by atoms with Crippen molar-refractivity contribution in [2.75, 3.05) is 17.7 Å². The van der Waals surface area contributed by atoms with E-state index in [2.05, 4.69) is 21.7 Å². The lowest BCUT2D eigenvalue weighted by molar-refractivity contribution is 0.126. The third-order valence-corrected chi connectivity index (χ3v) is 3.09. The van der Waals surface area contributed by atoms with E-state index in [1.54, 1.807) is 6.20 Å². The average Bonchev–Trinajstić information content (AvgIpc) is 2.32. The molecule has 0 unspecified atom stereocenters. The van der Waals surface area contributed by atoms with Crippen molar-refractivity contribution < 1.29 is 5.11 Å². The van der Waals surface area contributed by atoms with Crippen LogP contribution in [0.5, 0.6) is 0 Å². The number of hydrogen-bond acceptors (Lipinski definition) is 4. The minimum atomic E-state index is -0.0974. The molecule has 1 fully saturated rings. The van der Waals surface area contributed by atoms with E-state index in [4.69, 9.17) is 0 Å². The van der Waals surface area contributed by atoms with Crippen LogP contribution in [0, 0.1) is 0 Å². The van der Waals surface area contributed by atoms with Crippen LogP contribution in [-0.4, -0.2) is 29.3 Å². The summed E-state index contributed by atoms with van der Waals surface area (Å²) in [4.78, 5) is 4.16. The zero-order valence-electron chi connectivity index (χ0n) is 9.61. The minimum absolute atomic E-state index is 0.0974. The summed E-state index contributed by atoms with van der Waals surface area (Å²) in [5.41, 5.74) is 2.06. The van der Waals surface area contributed by atoms with Crippen molar-refractivity contribution in [1.29, 1.82) is 0 Å². The third kappa shape index (κ3) is 2.85. The summed E-state index contributed by atoms with van der Waals surface area (Å²) >= 11 is 0. The molecule has 0 radical (unpaired) electrons. The number of pyridine rings is 1. The first-order chi connectivity index (χ1) is 7.78. The zero-order valence-corrected chi connectivity index (χ0v) is 9.61. The highest BCUT2D eigenvalue weighted by Crippen LogP contribution is 2.22. The fourth-order valence-corrected chi connectivity index (χ4v) is 2.11. The van der Waals surface area contributed by atoms with E-state index in [1.807, 2.05) is 13.2 Å². The topological polar surface area (TPSA) is 57.2 Å². The molecule has 0 aliphatic heterocycles. The number of hydrogen-bond donors (Lipinski definition) is 3. The monoisotopic (exact) mass is 221 g/mol. The molecule has 1 aromatic heterocycles. The Balaban J connectivity index is 1.93. The van der Waals surface area contributed by atoms with E-state index in [0.29, 0.717) is 6.04 Å². The van der Waals surface area contributed by atoms with Gasteiger partial charge in [-0.15, -0.1) is 0 Å². The van der Waals surface area contributed by atoms with Crippen molar-refractivity contribution in [3.05, 3.63) is 18.5 Å². The summed E-state index contributed by atoms with van der Waals surface area (Å²) < 4.78 is 0. The van der Waals surface area contributed by atoms with Crippen molar-refractivity contribution in [3.8, 4) is 0 Å². The summed E-state index contributed by atoms with van der Waals surface area (Å²) in [5.74, 6) is 0. The van der Waals surface area contributed by atoms with Crippen LogP contribution in [0.15, 0.2) is 18.5 Å². The Morgan fingerprint density at radius 1 is 1.19 bits per heavy atom. The second-order valence-corrected chi connectivity index (χ2v) is 4.36. The average molecular weight is 221 g/mol. The second-order valence-electron chi connectivity index (χ2n) is 4.36. The molecule has 0 saturated heterocycles. The molecular formula is C12H19N3O. The fraction of sp³-hybridized carbons (Fsp3) is 0.583. The van der Waals surface area contributed by atoms with Crippen molar-refractivity contribution in [2.24, 2.45) is 0 Å². The summed E-state index contributed by atoms with van der Waals surface area (Å²) in [7, 11) is 1.89. The predicted molar refractivity (Wildman–Crippen MR) is 65.7 cm³/mol. The second kappa shape index (κ2) is 5.16. The molecule has 1 saturated carbocycles. The van der Waals surface area contributed by atoms with Crippen LogP contribution < -0.4 is 10.6 Å². The molecular weight excluding hydrogens is 202 g/mol. The summed E-state index contributed by atoms with van der Waals surface area (Å²) in [6.45, 7) is 0. The Morgan fingerprint density at radius 3 is 2.56 bits per heavy atom. The van der Waals surface area contributed by atoms with E-state index in [-0.39, 0.29) is 6.10 Å². The molecule has 1 heterocycles. The maximum Gasteiger partial charge on any atom is 0.0549 e. The van der Waals surface area contributed by atoms with Crippen molar-refractivity contribution in [3.63, 3.8) is 0 Å². The van der Waals surface area contributed by atoms with Crippen molar-refractivity contribution >= 4 is 11.4 Å². The Bertz CT molecular complexity index is 335. The van der Waals surface area contributed by atoms with Gasteiger partial charge in [-0.2, -0.15) is 0 Å². The molecule has 1 aromatic rings. The highest BCUT2D eigenvalue weighted by molar-refractivity contribution is 5.54. The summed E-state index contributed by atoms with van der Waals surface area (Å²) in [5, 5.41) is 16.0. The molecule has 0 spiro atoms. The Hall–Kier alpha value is -1.29. The van der Waals surface area contributed by atoms with Crippen LogP contribution >= 0.6 is 0 Å². The van der Waals surface area contributed by atoms with Gasteiger partial charge in [0.1, 0.15) is 0 Å². The van der Waals surface area contributed by atoms with Crippen LogP contribution in [0.4, 0.5) is 11.4 Å². The lowest BCUT2D eigenvalue weighted by Crippen LogP contribution is -2.28. The predicted octanol–water partition coefficient (Wildman–Crippen LogP) is 1.84. The van der Waals surface area contributed by atoms with Crippen molar-refractivity contribution in [2.45, 2.75) is 37.8 Å². The van der Waals surface area contributed by atoms with Crippen LogP contribution in [0.1, 0.15) is 25.7 Å². The SMILES string of the molecule is CNc1cncc(NC2CCC(O)CC2)c1. The van der Waals surface area contributed by atoms with Crippen molar-refractivity contribution in [1.82, 2.24) is 4.98 Å². The molecule has 4 heteroatoms. The van der Waals surface area contributed by atoms with Gasteiger partial charge in [0.25, 0.3) is 0 Å². The van der Waals surface area contributed by atoms with Crippen LogP contribution in [0.25, 0.3) is 0 Å². The highest BCUT2D eigenvalue weighted by Gasteiger charge is 2.18. The molecule has 1 aliphatic rings. The zero-order chi connectivity index (χ0) is 11.4. The van der Waals surface area contributed by atoms with Crippen LogP contribution in [-0.2, 0) is 0 Å². The maximum absolute atomic E-state index is 9.43. The molecule has 16 heavy (non-hydrogen) atoms. The summed E-state index contributed by atoms with van der Waals surface area (Å²) in [6.07, 6.45) is 7.41. The molecule has 3 N–H and O–H groups in total. The maximum atomic E-state index is 9.43. The van der Waals surface area contributed by atoms with E-state index >= 15 is 0 Å². The minimum Gasteiger partial charge on any atom is -0.393 e. The Labute approximate surface area is 96.1 Å². The number of aliphatic hydroxyl groups excluding tert-OH is 1. The van der Waals surface area contributed by atoms with Gasteiger partial charge >= 0.3 is 0 Å². The Kier molecular flexibility index (Phi) is 3.62. The Morgan fingerprint density at radius 2 is 1.88 bits per heavy atom. The number of aliphatic hydroxyl groups is 1. The quantitative estimate of drug-likeness (QED) is 0.729. The van der Waals surface area contributed by atoms with Gasteiger partial charge in [-0.25, -0.2) is 0 Å². The first-order valence-electron chi connectivity index (χ1n) is 5.85. The molecule has 0 aromatic carbocycles. The third-order valence-electron chi connectivity index (χ3n) is 3.09. The number of anilines is 2. The number of rotatable bonds is 3. The normalized spacial score (nSPS) is 25.1. The van der Waals surface area contributed by atoms with Gasteiger partial charge in [0.2, 0.25) is 0 Å². The van der Waals surface area contributed by atoms with Gasteiger partial charge in [0.15, 0.2) is 0 Å². The van der Waals surface area contributed by atoms with E-state index in [1.165, 1.54) is 0 Å². The smallest absolute Gasteiger partial charge is 0.0549 e. The molecule has 4 nitrogen and oxygen atoms in total. The van der Waals surface area contributed by atoms with E-state index in [0.717, 1.165) is 37.1 Å².